The summed E-state index contributed by atoms with van der Waals surface area (Å²) in [6, 6.07) is 32.4. The first kappa shape index (κ1) is 30.8. The predicted molar refractivity (Wildman–Crippen MR) is 184 cm³/mol. The number of piperazine rings is 1. The first-order chi connectivity index (χ1) is 23.0. The van der Waals surface area contributed by atoms with Crippen molar-refractivity contribution in [3.8, 4) is 5.75 Å². The van der Waals surface area contributed by atoms with Gasteiger partial charge in [-0.25, -0.2) is 4.79 Å². The van der Waals surface area contributed by atoms with E-state index in [0.29, 0.717) is 44.5 Å². The molecule has 0 spiro atoms. The SMILES string of the molecule is C[S+]([O-])c1nc2c(c(N3CCN(C(=O)OCc4ccccc4)CC3)n1)CCN(c1cc(OCc3ccccc3)cc3ccccc13)C2. The van der Waals surface area contributed by atoms with E-state index in [0.717, 1.165) is 63.4 Å². The Kier molecular flexibility index (Phi) is 9.12. The van der Waals surface area contributed by atoms with E-state index in [2.05, 4.69) is 52.3 Å². The van der Waals surface area contributed by atoms with Gasteiger partial charge < -0.3 is 28.7 Å². The molecule has 0 bridgehead atoms. The summed E-state index contributed by atoms with van der Waals surface area (Å²) in [7, 11) is 0. The maximum atomic E-state index is 12.8. The van der Waals surface area contributed by atoms with Gasteiger partial charge in [0.25, 0.3) is 0 Å². The Hall–Kier alpha value is -4.80. The van der Waals surface area contributed by atoms with Crippen LogP contribution in [0.5, 0.6) is 5.75 Å². The minimum atomic E-state index is -1.35. The van der Waals surface area contributed by atoms with Crippen LogP contribution >= 0.6 is 0 Å². The number of aromatic nitrogens is 2. The monoisotopic (exact) mass is 647 g/mol. The molecule has 10 heteroatoms. The number of anilines is 2. The van der Waals surface area contributed by atoms with Crippen LogP contribution in [0.4, 0.5) is 16.3 Å². The van der Waals surface area contributed by atoms with E-state index in [4.69, 9.17) is 19.4 Å². The Morgan fingerprint density at radius 2 is 1.49 bits per heavy atom. The van der Waals surface area contributed by atoms with Crippen molar-refractivity contribution in [3.05, 3.63) is 119 Å². The number of nitrogens with zero attached hydrogens (tertiary/aromatic N) is 5. The average Bonchev–Trinajstić information content (AvgIpc) is 3.12. The summed E-state index contributed by atoms with van der Waals surface area (Å²) in [6.45, 7) is 4.32. The molecule has 4 aromatic carbocycles. The van der Waals surface area contributed by atoms with Gasteiger partial charge in [-0.1, -0.05) is 84.9 Å². The number of ether oxygens (including phenoxy) is 2. The van der Waals surface area contributed by atoms with Crippen LogP contribution in [0.25, 0.3) is 10.8 Å². The molecule has 2 aliphatic rings. The van der Waals surface area contributed by atoms with Gasteiger partial charge in [-0.15, -0.1) is 0 Å². The zero-order valence-corrected chi connectivity index (χ0v) is 27.2. The molecule has 3 heterocycles. The number of fused-ring (bicyclic) bond motifs is 2. The van der Waals surface area contributed by atoms with Crippen LogP contribution in [0, 0.1) is 0 Å². The van der Waals surface area contributed by atoms with E-state index in [1.165, 1.54) is 0 Å². The quantitative estimate of drug-likeness (QED) is 0.150. The molecular weight excluding hydrogens is 611 g/mol. The molecule has 7 rings (SSSR count). The number of carbonyl (C=O) groups is 1. The minimum absolute atomic E-state index is 0.249. The smallest absolute Gasteiger partial charge is 0.410 e. The second kappa shape index (κ2) is 13.9. The standard InChI is InChI=1S/C37H37N5O4S/c1-47(44)36-38-33-24-42(34-23-30(22-29-14-8-9-15-31(29)34)45-25-27-10-4-2-5-11-27)17-16-32(33)35(39-36)40-18-20-41(21-19-40)37(43)46-26-28-12-6-3-7-13-28/h2-15,22-23H,16-21,24-26H2,1H3. The van der Waals surface area contributed by atoms with E-state index in [9.17, 15) is 9.35 Å². The van der Waals surface area contributed by atoms with Crippen molar-refractivity contribution in [2.75, 3.05) is 48.8 Å². The minimum Gasteiger partial charge on any atom is -0.609 e. The Bertz CT molecular complexity index is 1850. The first-order valence-corrected chi connectivity index (χ1v) is 17.5. The number of hydrogen-bond acceptors (Lipinski definition) is 8. The first-order valence-electron chi connectivity index (χ1n) is 15.9. The Morgan fingerprint density at radius 1 is 0.809 bits per heavy atom. The average molecular weight is 648 g/mol. The van der Waals surface area contributed by atoms with Crippen molar-refractivity contribution in [2.24, 2.45) is 0 Å². The summed E-state index contributed by atoms with van der Waals surface area (Å²) in [5.41, 5.74) is 5.12. The van der Waals surface area contributed by atoms with Gasteiger partial charge in [-0.2, -0.15) is 9.97 Å². The van der Waals surface area contributed by atoms with Crippen LogP contribution < -0.4 is 14.5 Å². The van der Waals surface area contributed by atoms with E-state index in [-0.39, 0.29) is 12.7 Å². The molecule has 0 radical (unpaired) electrons. The number of amides is 1. The lowest BCUT2D eigenvalue weighted by Crippen LogP contribution is -2.49. The molecule has 1 atom stereocenters. The summed E-state index contributed by atoms with van der Waals surface area (Å²) in [4.78, 5) is 28.7. The molecule has 5 aromatic rings. The summed E-state index contributed by atoms with van der Waals surface area (Å²) < 4.78 is 24.6. The highest BCUT2D eigenvalue weighted by atomic mass is 32.2. The van der Waals surface area contributed by atoms with Crippen molar-refractivity contribution in [1.29, 1.82) is 0 Å². The molecule has 1 aromatic heterocycles. The maximum Gasteiger partial charge on any atom is 0.410 e. The fourth-order valence-electron chi connectivity index (χ4n) is 6.25. The largest absolute Gasteiger partial charge is 0.609 e. The third-order valence-electron chi connectivity index (χ3n) is 8.72. The van der Waals surface area contributed by atoms with E-state index in [1.807, 2.05) is 54.6 Å². The normalized spacial score (nSPS) is 15.3. The van der Waals surface area contributed by atoms with E-state index < -0.39 is 11.2 Å². The molecule has 1 amide bonds. The number of hydrogen-bond donors (Lipinski definition) is 0. The molecule has 1 unspecified atom stereocenters. The highest BCUT2D eigenvalue weighted by Gasteiger charge is 2.31. The lowest BCUT2D eigenvalue weighted by atomic mass is 10.0. The third kappa shape index (κ3) is 6.99. The van der Waals surface area contributed by atoms with Crippen LogP contribution in [0.3, 0.4) is 0 Å². The molecule has 0 saturated carbocycles. The lowest BCUT2D eigenvalue weighted by molar-refractivity contribution is 0.0941. The molecule has 1 saturated heterocycles. The predicted octanol–water partition coefficient (Wildman–Crippen LogP) is 5.97. The topological polar surface area (TPSA) is 94.1 Å². The summed E-state index contributed by atoms with van der Waals surface area (Å²) >= 11 is -1.35. The van der Waals surface area contributed by atoms with Gasteiger partial charge in [0.2, 0.25) is 0 Å². The van der Waals surface area contributed by atoms with E-state index >= 15 is 0 Å². The highest BCUT2D eigenvalue weighted by molar-refractivity contribution is 7.90. The van der Waals surface area contributed by atoms with Gasteiger partial charge in [0, 0.05) is 66.6 Å². The van der Waals surface area contributed by atoms with Crippen LogP contribution in [0.2, 0.25) is 0 Å². The van der Waals surface area contributed by atoms with Crippen molar-refractivity contribution in [2.45, 2.75) is 31.3 Å². The second-order valence-corrected chi connectivity index (χ2v) is 13.1. The fourth-order valence-corrected chi connectivity index (χ4v) is 6.70. The summed E-state index contributed by atoms with van der Waals surface area (Å²) in [5, 5.41) is 2.58. The van der Waals surface area contributed by atoms with Gasteiger partial charge in [0.05, 0.1) is 12.2 Å². The highest BCUT2D eigenvalue weighted by Crippen LogP contribution is 2.37. The van der Waals surface area contributed by atoms with E-state index in [1.54, 1.807) is 11.2 Å². The Morgan fingerprint density at radius 3 is 2.21 bits per heavy atom. The number of rotatable bonds is 8. The van der Waals surface area contributed by atoms with Crippen LogP contribution in [-0.2, 0) is 42.1 Å². The molecule has 0 N–H and O–H groups in total. The van der Waals surface area contributed by atoms with Gasteiger partial charge >= 0.3 is 11.2 Å². The third-order valence-corrected chi connectivity index (χ3v) is 9.42. The molecule has 9 nitrogen and oxygen atoms in total. The molecular formula is C37H37N5O4S. The van der Waals surface area contributed by atoms with Gasteiger partial charge in [0.1, 0.15) is 31.0 Å². The van der Waals surface area contributed by atoms with Crippen molar-refractivity contribution >= 4 is 39.5 Å². The van der Waals surface area contributed by atoms with Crippen LogP contribution in [0.15, 0.2) is 102 Å². The molecule has 1 fully saturated rings. The summed E-state index contributed by atoms with van der Waals surface area (Å²) in [5.74, 6) is 1.63. The maximum absolute atomic E-state index is 12.8. The molecule has 2 aliphatic heterocycles. The number of carbonyl (C=O) groups excluding carboxylic acids is 1. The molecule has 47 heavy (non-hydrogen) atoms. The molecule has 0 aliphatic carbocycles. The van der Waals surface area contributed by atoms with Gasteiger partial charge in [-0.3, -0.25) is 0 Å². The summed E-state index contributed by atoms with van der Waals surface area (Å²) in [6.07, 6.45) is 2.05. The van der Waals surface area contributed by atoms with Crippen LogP contribution in [-0.4, -0.2) is 64.5 Å². The Labute approximate surface area is 277 Å². The van der Waals surface area contributed by atoms with Crippen molar-refractivity contribution in [3.63, 3.8) is 0 Å². The second-order valence-electron chi connectivity index (χ2n) is 11.8. The molecule has 240 valence electrons. The lowest BCUT2D eigenvalue weighted by Gasteiger charge is -2.37. The zero-order valence-electron chi connectivity index (χ0n) is 26.4. The van der Waals surface area contributed by atoms with Gasteiger partial charge in [0.15, 0.2) is 0 Å². The van der Waals surface area contributed by atoms with Crippen LogP contribution in [0.1, 0.15) is 22.4 Å². The fraction of sp³-hybridized carbons (Fsp3) is 0.270. The number of benzene rings is 4. The Balaban J connectivity index is 1.10. The zero-order chi connectivity index (χ0) is 32.2. The van der Waals surface area contributed by atoms with Crippen molar-refractivity contribution < 1.29 is 18.8 Å². The van der Waals surface area contributed by atoms with Gasteiger partial charge in [-0.05, 0) is 29.0 Å². The van der Waals surface area contributed by atoms with Crippen molar-refractivity contribution in [1.82, 2.24) is 14.9 Å².